The summed E-state index contributed by atoms with van der Waals surface area (Å²) in [6.45, 7) is 5.52. The first-order chi connectivity index (χ1) is 14.4. The third-order valence-corrected chi connectivity index (χ3v) is 4.80. The molecular weight excluding hydrogens is 422 g/mol. The van der Waals surface area contributed by atoms with Gasteiger partial charge in [0, 0.05) is 32.1 Å². The smallest absolute Gasteiger partial charge is 0.475 e. The third-order valence-electron chi connectivity index (χ3n) is 4.80. The Labute approximate surface area is 177 Å². The number of halogens is 4. The second kappa shape index (κ2) is 11.6. The number of nitrogens with zero attached hydrogens (tertiary/aromatic N) is 2. The van der Waals surface area contributed by atoms with Crippen LogP contribution in [-0.2, 0) is 20.8 Å². The standard InChI is InChI=1S/C18H26FN3O2.C2HF3O2/c1-3-21(4-2)18(24)16-11-15(20)12-22(16)17(23)10-7-13-5-8-14(19)9-6-13;3-2(4,5)1(6)7/h5-6,8-9,15-16H,3-4,7,10-12,20H2,1-2H3;(H,6,7)/t15-,16-;/m0./s1. The lowest BCUT2D eigenvalue weighted by atomic mass is 10.1. The van der Waals surface area contributed by atoms with Gasteiger partial charge in [0.15, 0.2) is 0 Å². The zero-order chi connectivity index (χ0) is 23.8. The van der Waals surface area contributed by atoms with Gasteiger partial charge in [-0.25, -0.2) is 9.18 Å². The van der Waals surface area contributed by atoms with Crippen LogP contribution in [0.4, 0.5) is 17.6 Å². The molecule has 2 amide bonds. The quantitative estimate of drug-likeness (QED) is 0.648. The number of carbonyl (C=O) groups is 3. The van der Waals surface area contributed by atoms with E-state index in [9.17, 15) is 27.2 Å². The van der Waals surface area contributed by atoms with Crippen molar-refractivity contribution in [1.29, 1.82) is 0 Å². The van der Waals surface area contributed by atoms with E-state index in [1.54, 1.807) is 21.9 Å². The maximum Gasteiger partial charge on any atom is 0.490 e. The number of benzene rings is 1. The number of alkyl halides is 3. The van der Waals surface area contributed by atoms with Gasteiger partial charge in [-0.1, -0.05) is 12.1 Å². The molecule has 0 radical (unpaired) electrons. The summed E-state index contributed by atoms with van der Waals surface area (Å²) in [5.74, 6) is -3.14. The molecule has 0 spiro atoms. The van der Waals surface area contributed by atoms with Gasteiger partial charge >= 0.3 is 12.1 Å². The summed E-state index contributed by atoms with van der Waals surface area (Å²) in [4.78, 5) is 37.4. The highest BCUT2D eigenvalue weighted by Gasteiger charge is 2.39. The molecule has 0 bridgehead atoms. The van der Waals surface area contributed by atoms with E-state index in [0.29, 0.717) is 38.9 Å². The molecule has 1 fully saturated rings. The number of hydrogen-bond acceptors (Lipinski definition) is 4. The monoisotopic (exact) mass is 449 g/mol. The number of aryl methyl sites for hydroxylation is 1. The normalized spacial score (nSPS) is 18.2. The second-order valence-electron chi connectivity index (χ2n) is 7.00. The van der Waals surface area contributed by atoms with Crippen LogP contribution in [0.25, 0.3) is 0 Å². The van der Waals surface area contributed by atoms with Crippen LogP contribution in [-0.4, -0.2) is 70.6 Å². The highest BCUT2D eigenvalue weighted by atomic mass is 19.4. The molecule has 7 nitrogen and oxygen atoms in total. The van der Waals surface area contributed by atoms with Gasteiger partial charge in [-0.3, -0.25) is 9.59 Å². The van der Waals surface area contributed by atoms with Gasteiger partial charge in [0.05, 0.1) is 0 Å². The van der Waals surface area contributed by atoms with Crippen LogP contribution in [0.5, 0.6) is 0 Å². The van der Waals surface area contributed by atoms with Gasteiger partial charge < -0.3 is 20.6 Å². The summed E-state index contributed by atoms with van der Waals surface area (Å²) in [7, 11) is 0. The first-order valence-electron chi connectivity index (χ1n) is 9.79. The van der Waals surface area contributed by atoms with Gasteiger partial charge in [0.1, 0.15) is 11.9 Å². The van der Waals surface area contributed by atoms with Crippen LogP contribution in [0, 0.1) is 5.82 Å². The molecule has 1 aliphatic heterocycles. The topological polar surface area (TPSA) is 104 Å². The zero-order valence-corrected chi connectivity index (χ0v) is 17.4. The van der Waals surface area contributed by atoms with E-state index in [4.69, 9.17) is 15.6 Å². The minimum absolute atomic E-state index is 0.0249. The Balaban J connectivity index is 0.000000592. The van der Waals surface area contributed by atoms with Crippen molar-refractivity contribution in [3.63, 3.8) is 0 Å². The number of likely N-dealkylation sites (tertiary alicyclic amines) is 1. The van der Waals surface area contributed by atoms with Crippen LogP contribution in [0.2, 0.25) is 0 Å². The number of likely N-dealkylation sites (N-methyl/N-ethyl adjacent to an activating group) is 1. The molecule has 0 aromatic heterocycles. The lowest BCUT2D eigenvalue weighted by Crippen LogP contribution is -2.47. The summed E-state index contributed by atoms with van der Waals surface area (Å²) >= 11 is 0. The molecule has 0 saturated carbocycles. The predicted molar refractivity (Wildman–Crippen MR) is 104 cm³/mol. The molecule has 1 heterocycles. The van der Waals surface area contributed by atoms with Gasteiger partial charge in [0.2, 0.25) is 11.8 Å². The Kier molecular flexibility index (Phi) is 9.89. The molecule has 0 unspecified atom stereocenters. The number of nitrogens with two attached hydrogens (primary N) is 1. The first-order valence-corrected chi connectivity index (χ1v) is 9.79. The fourth-order valence-electron chi connectivity index (χ4n) is 3.17. The minimum atomic E-state index is -5.08. The number of amides is 2. The van der Waals surface area contributed by atoms with Gasteiger partial charge in [-0.05, 0) is 44.4 Å². The van der Waals surface area contributed by atoms with Crippen LogP contribution in [0.15, 0.2) is 24.3 Å². The molecule has 31 heavy (non-hydrogen) atoms. The van der Waals surface area contributed by atoms with Crippen molar-refractivity contribution < 1.29 is 37.1 Å². The maximum atomic E-state index is 12.9. The van der Waals surface area contributed by atoms with Crippen molar-refractivity contribution in [2.45, 2.75) is 51.4 Å². The average molecular weight is 449 g/mol. The van der Waals surface area contributed by atoms with Crippen molar-refractivity contribution >= 4 is 17.8 Å². The molecule has 1 aliphatic rings. The third kappa shape index (κ3) is 8.16. The second-order valence-corrected chi connectivity index (χ2v) is 7.00. The van der Waals surface area contributed by atoms with Crippen molar-refractivity contribution in [3.8, 4) is 0 Å². The fraction of sp³-hybridized carbons (Fsp3) is 0.550. The van der Waals surface area contributed by atoms with Crippen molar-refractivity contribution in [2.24, 2.45) is 5.73 Å². The van der Waals surface area contributed by atoms with E-state index < -0.39 is 18.2 Å². The van der Waals surface area contributed by atoms with Gasteiger partial charge in [-0.2, -0.15) is 13.2 Å². The molecule has 1 saturated heterocycles. The Bertz CT molecular complexity index is 752. The summed E-state index contributed by atoms with van der Waals surface area (Å²) in [5, 5.41) is 7.12. The summed E-state index contributed by atoms with van der Waals surface area (Å²) in [6.07, 6.45) is -3.75. The predicted octanol–water partition coefficient (Wildman–Crippen LogP) is 2.19. The molecule has 2 atom stereocenters. The Morgan fingerprint density at radius 3 is 2.13 bits per heavy atom. The minimum Gasteiger partial charge on any atom is -0.475 e. The molecule has 174 valence electrons. The molecular formula is C20H27F4N3O4. The Morgan fingerprint density at radius 2 is 1.68 bits per heavy atom. The van der Waals surface area contributed by atoms with Crippen molar-refractivity contribution in [3.05, 3.63) is 35.6 Å². The molecule has 11 heteroatoms. The summed E-state index contributed by atoms with van der Waals surface area (Å²) in [5.41, 5.74) is 6.89. The molecule has 1 aromatic rings. The molecule has 0 aliphatic carbocycles. The maximum absolute atomic E-state index is 12.9. The highest BCUT2D eigenvalue weighted by molar-refractivity contribution is 5.88. The van der Waals surface area contributed by atoms with Crippen LogP contribution in [0.1, 0.15) is 32.3 Å². The number of carboxylic acid groups (broad SMARTS) is 1. The van der Waals surface area contributed by atoms with E-state index in [0.717, 1.165) is 5.56 Å². The lowest BCUT2D eigenvalue weighted by molar-refractivity contribution is -0.192. The van der Waals surface area contributed by atoms with E-state index in [2.05, 4.69) is 0 Å². The van der Waals surface area contributed by atoms with E-state index in [1.165, 1.54) is 12.1 Å². The number of aliphatic carboxylic acids is 1. The van der Waals surface area contributed by atoms with E-state index in [-0.39, 0.29) is 23.7 Å². The summed E-state index contributed by atoms with van der Waals surface area (Å²) < 4.78 is 44.7. The van der Waals surface area contributed by atoms with Gasteiger partial charge in [0.25, 0.3) is 0 Å². The number of carboxylic acids is 1. The van der Waals surface area contributed by atoms with E-state index >= 15 is 0 Å². The zero-order valence-electron chi connectivity index (χ0n) is 17.4. The fourth-order valence-corrected chi connectivity index (χ4v) is 3.17. The average Bonchev–Trinajstić information content (AvgIpc) is 3.09. The molecule has 2 rings (SSSR count). The van der Waals surface area contributed by atoms with Crippen LogP contribution >= 0.6 is 0 Å². The Hall–Kier alpha value is -2.69. The molecule has 1 aromatic carbocycles. The SMILES string of the molecule is CCN(CC)C(=O)[C@@H]1C[C@H](N)CN1C(=O)CCc1ccc(F)cc1.O=C(O)C(F)(F)F. The summed E-state index contributed by atoms with van der Waals surface area (Å²) in [6, 6.07) is 5.51. The largest absolute Gasteiger partial charge is 0.490 e. The highest BCUT2D eigenvalue weighted by Crippen LogP contribution is 2.21. The van der Waals surface area contributed by atoms with Crippen molar-refractivity contribution in [1.82, 2.24) is 9.80 Å². The number of hydrogen-bond donors (Lipinski definition) is 2. The molecule has 3 N–H and O–H groups in total. The van der Waals surface area contributed by atoms with Crippen LogP contribution in [0.3, 0.4) is 0 Å². The Morgan fingerprint density at radius 1 is 1.16 bits per heavy atom. The van der Waals surface area contributed by atoms with Crippen molar-refractivity contribution in [2.75, 3.05) is 19.6 Å². The lowest BCUT2D eigenvalue weighted by Gasteiger charge is -2.29. The van der Waals surface area contributed by atoms with Crippen LogP contribution < -0.4 is 5.73 Å². The first kappa shape index (κ1) is 26.3. The number of rotatable bonds is 6. The number of carbonyl (C=O) groups excluding carboxylic acids is 2. The van der Waals surface area contributed by atoms with E-state index in [1.807, 2.05) is 13.8 Å². The van der Waals surface area contributed by atoms with Gasteiger partial charge in [-0.15, -0.1) is 0 Å².